The molecule has 3 amide bonds. The second-order valence-electron chi connectivity index (χ2n) is 8.03. The number of piperazine rings is 1. The Balaban J connectivity index is 1.77. The van der Waals surface area contributed by atoms with Gasteiger partial charge in [0, 0.05) is 38.5 Å². The lowest BCUT2D eigenvalue weighted by Gasteiger charge is -2.45. The highest BCUT2D eigenvalue weighted by molar-refractivity contribution is 5.92. The third-order valence-electron chi connectivity index (χ3n) is 6.01. The molecule has 2 aliphatic heterocycles. The first-order valence-electron chi connectivity index (χ1n) is 11.0. The molecule has 0 radical (unpaired) electrons. The number of carbonyl (C=O) groups excluding carboxylic acids is 3. The Morgan fingerprint density at radius 3 is 2.41 bits per heavy atom. The van der Waals surface area contributed by atoms with Crippen molar-refractivity contribution in [1.29, 1.82) is 0 Å². The van der Waals surface area contributed by atoms with Crippen molar-refractivity contribution >= 4 is 23.6 Å². The summed E-state index contributed by atoms with van der Waals surface area (Å²) in [5.74, 6) is -2.00. The molecule has 2 saturated heterocycles. The molecule has 0 saturated carbocycles. The van der Waals surface area contributed by atoms with E-state index in [1.807, 2.05) is 37.3 Å². The minimum atomic E-state index is -1.07. The van der Waals surface area contributed by atoms with Gasteiger partial charge in [0.05, 0.1) is 25.7 Å². The Morgan fingerprint density at radius 2 is 1.81 bits per heavy atom. The molecular formula is C22H32N4O6. The zero-order chi connectivity index (χ0) is 23.1. The van der Waals surface area contributed by atoms with Crippen molar-refractivity contribution < 1.29 is 29.1 Å². The van der Waals surface area contributed by atoms with E-state index in [2.05, 4.69) is 4.90 Å². The van der Waals surface area contributed by atoms with Crippen LogP contribution in [0.1, 0.15) is 19.8 Å². The summed E-state index contributed by atoms with van der Waals surface area (Å²) < 4.78 is 10.7. The van der Waals surface area contributed by atoms with Crippen LogP contribution in [0.5, 0.6) is 0 Å². The first-order valence-corrected chi connectivity index (χ1v) is 11.0. The van der Waals surface area contributed by atoms with Crippen molar-refractivity contribution in [2.45, 2.75) is 31.9 Å². The summed E-state index contributed by atoms with van der Waals surface area (Å²) in [6.07, 6.45) is -0.137. The maximum Gasteiger partial charge on any atom is 0.410 e. The van der Waals surface area contributed by atoms with Crippen LogP contribution in [-0.2, 0) is 19.1 Å². The van der Waals surface area contributed by atoms with Gasteiger partial charge < -0.3 is 19.3 Å². The van der Waals surface area contributed by atoms with Gasteiger partial charge in [0.2, 0.25) is 11.8 Å². The van der Waals surface area contributed by atoms with Crippen LogP contribution in [0.15, 0.2) is 30.3 Å². The predicted octanol–water partition coefficient (Wildman–Crippen LogP) is 1.09. The second-order valence-corrected chi connectivity index (χ2v) is 8.03. The zero-order valence-corrected chi connectivity index (χ0v) is 18.6. The summed E-state index contributed by atoms with van der Waals surface area (Å²) in [5.41, 5.74) is 2.74. The van der Waals surface area contributed by atoms with Crippen molar-refractivity contribution in [3.63, 3.8) is 0 Å². The number of ether oxygens (including phenoxy) is 2. The largest absolute Gasteiger partial charge is 0.453 e. The number of nitrogens with one attached hydrogen (secondary N) is 1. The third-order valence-corrected chi connectivity index (χ3v) is 6.01. The van der Waals surface area contributed by atoms with Crippen molar-refractivity contribution in [2.24, 2.45) is 5.92 Å². The molecule has 0 spiro atoms. The molecule has 176 valence electrons. The average molecular weight is 449 g/mol. The number of nitrogens with zero attached hydrogens (tertiary/aromatic N) is 3. The van der Waals surface area contributed by atoms with Gasteiger partial charge in [0.1, 0.15) is 6.04 Å². The number of rotatable bonds is 6. The van der Waals surface area contributed by atoms with Crippen molar-refractivity contribution in [3.8, 4) is 0 Å². The van der Waals surface area contributed by atoms with Gasteiger partial charge >= 0.3 is 6.09 Å². The number of anilines is 1. The SMILES string of the molecule is CCCO[C@H]1C[C@H](C(=O)NO)[C@@H](C(=O)N2CCN(c3ccccc3)CC2)N(C(=O)OC)C1. The number of methoxy groups -OCH3 is 1. The van der Waals surface area contributed by atoms with Crippen LogP contribution >= 0.6 is 0 Å². The molecule has 0 aliphatic carbocycles. The second kappa shape index (κ2) is 11.1. The van der Waals surface area contributed by atoms with Gasteiger partial charge in [-0.05, 0) is 25.0 Å². The topological polar surface area (TPSA) is 112 Å². The van der Waals surface area contributed by atoms with Gasteiger partial charge in [-0.3, -0.25) is 19.7 Å². The van der Waals surface area contributed by atoms with E-state index in [0.29, 0.717) is 32.8 Å². The fraction of sp³-hybridized carbons (Fsp3) is 0.591. The van der Waals surface area contributed by atoms with Gasteiger partial charge in [-0.15, -0.1) is 0 Å². The predicted molar refractivity (Wildman–Crippen MR) is 116 cm³/mol. The molecule has 0 unspecified atom stereocenters. The number of hydrogen-bond donors (Lipinski definition) is 2. The molecule has 0 bridgehead atoms. The summed E-state index contributed by atoms with van der Waals surface area (Å²) >= 11 is 0. The Morgan fingerprint density at radius 1 is 1.12 bits per heavy atom. The van der Waals surface area contributed by atoms with E-state index in [-0.39, 0.29) is 18.9 Å². The Kier molecular flexibility index (Phi) is 8.29. The first kappa shape index (κ1) is 23.8. The van der Waals surface area contributed by atoms with Gasteiger partial charge in [-0.25, -0.2) is 10.3 Å². The van der Waals surface area contributed by atoms with E-state index < -0.39 is 30.1 Å². The van der Waals surface area contributed by atoms with Gasteiger partial charge in [0.25, 0.3) is 0 Å². The minimum Gasteiger partial charge on any atom is -0.453 e. The normalized spacial score (nSPS) is 23.6. The molecule has 2 fully saturated rings. The first-order chi connectivity index (χ1) is 15.5. The lowest BCUT2D eigenvalue weighted by Crippen LogP contribution is -2.64. The maximum atomic E-state index is 13.5. The van der Waals surface area contributed by atoms with E-state index in [1.165, 1.54) is 12.0 Å². The van der Waals surface area contributed by atoms with Crippen LogP contribution in [0.3, 0.4) is 0 Å². The van der Waals surface area contributed by atoms with E-state index in [9.17, 15) is 19.6 Å². The van der Waals surface area contributed by atoms with Crippen LogP contribution < -0.4 is 10.4 Å². The summed E-state index contributed by atoms with van der Waals surface area (Å²) in [4.78, 5) is 43.7. The molecule has 2 aliphatic rings. The fourth-order valence-corrected chi connectivity index (χ4v) is 4.40. The van der Waals surface area contributed by atoms with Crippen molar-refractivity contribution in [3.05, 3.63) is 30.3 Å². The number of hydrogen-bond acceptors (Lipinski definition) is 7. The number of hydroxylamine groups is 1. The molecular weight excluding hydrogens is 416 g/mol. The number of amides is 3. The van der Waals surface area contributed by atoms with Crippen LogP contribution in [0.2, 0.25) is 0 Å². The van der Waals surface area contributed by atoms with Crippen molar-refractivity contribution in [2.75, 3.05) is 51.3 Å². The van der Waals surface area contributed by atoms with Crippen LogP contribution in [0, 0.1) is 5.92 Å². The lowest BCUT2D eigenvalue weighted by atomic mass is 9.86. The van der Waals surface area contributed by atoms with E-state index in [4.69, 9.17) is 9.47 Å². The highest BCUT2D eigenvalue weighted by Gasteiger charge is 2.48. The standard InChI is InChI=1S/C22H32N4O6/c1-3-13-32-17-14-18(20(27)23-30)19(26(15-17)22(29)31-2)21(28)25-11-9-24(10-12-25)16-7-5-4-6-8-16/h4-8,17-19,30H,3,9-15H2,1-2H3,(H,23,27)/t17-,18-,19-/m0/s1. The molecule has 2 heterocycles. The van der Waals surface area contributed by atoms with E-state index in [1.54, 1.807) is 10.4 Å². The quantitative estimate of drug-likeness (QED) is 0.495. The summed E-state index contributed by atoms with van der Waals surface area (Å²) in [7, 11) is 1.24. The number of para-hydroxylation sites is 1. The van der Waals surface area contributed by atoms with Crippen LogP contribution in [0.4, 0.5) is 10.5 Å². The lowest BCUT2D eigenvalue weighted by molar-refractivity contribution is -0.153. The smallest absolute Gasteiger partial charge is 0.410 e. The van der Waals surface area contributed by atoms with Gasteiger partial charge in [-0.1, -0.05) is 25.1 Å². The van der Waals surface area contributed by atoms with Gasteiger partial charge in [-0.2, -0.15) is 0 Å². The van der Waals surface area contributed by atoms with E-state index >= 15 is 0 Å². The summed E-state index contributed by atoms with van der Waals surface area (Å²) in [6.45, 7) is 4.76. The summed E-state index contributed by atoms with van der Waals surface area (Å²) in [6, 6.07) is 8.87. The van der Waals surface area contributed by atoms with Crippen LogP contribution in [-0.4, -0.2) is 91.5 Å². The number of likely N-dealkylation sites (tertiary alicyclic amines) is 1. The molecule has 0 aromatic heterocycles. The van der Waals surface area contributed by atoms with Crippen molar-refractivity contribution in [1.82, 2.24) is 15.3 Å². The van der Waals surface area contributed by atoms with E-state index in [0.717, 1.165) is 12.1 Å². The Hall–Kier alpha value is -2.85. The Bertz CT molecular complexity index is 758. The monoisotopic (exact) mass is 448 g/mol. The maximum absolute atomic E-state index is 13.5. The molecule has 3 rings (SSSR count). The Labute approximate surface area is 188 Å². The summed E-state index contributed by atoms with van der Waals surface area (Å²) in [5, 5.41) is 9.30. The average Bonchev–Trinajstić information content (AvgIpc) is 2.86. The molecule has 32 heavy (non-hydrogen) atoms. The molecule has 1 aromatic carbocycles. The molecule has 1 aromatic rings. The molecule has 2 N–H and O–H groups in total. The molecule has 10 nitrogen and oxygen atoms in total. The fourth-order valence-electron chi connectivity index (χ4n) is 4.40. The van der Waals surface area contributed by atoms with Crippen LogP contribution in [0.25, 0.3) is 0 Å². The zero-order valence-electron chi connectivity index (χ0n) is 18.6. The highest BCUT2D eigenvalue weighted by atomic mass is 16.5. The highest BCUT2D eigenvalue weighted by Crippen LogP contribution is 2.29. The van der Waals surface area contributed by atoms with Gasteiger partial charge in [0.15, 0.2) is 0 Å². The molecule has 10 heteroatoms. The third kappa shape index (κ3) is 5.31. The molecule has 3 atom stereocenters. The number of benzene rings is 1. The number of carbonyl (C=O) groups is 3. The minimum absolute atomic E-state index is 0.141. The number of piperidine rings is 1.